The van der Waals surface area contributed by atoms with Crippen LogP contribution in [0.3, 0.4) is 0 Å². The Balaban J connectivity index is 1.81. The predicted molar refractivity (Wildman–Crippen MR) is 114 cm³/mol. The van der Waals surface area contributed by atoms with E-state index in [-0.39, 0.29) is 0 Å². The third-order valence-electron chi connectivity index (χ3n) is 4.26. The van der Waals surface area contributed by atoms with Crippen molar-refractivity contribution in [3.63, 3.8) is 0 Å². The second-order valence-electron chi connectivity index (χ2n) is 6.17. The molecule has 2 amide bonds. The van der Waals surface area contributed by atoms with Gasteiger partial charge in [-0.3, -0.25) is 19.4 Å². The summed E-state index contributed by atoms with van der Waals surface area (Å²) in [5.41, 5.74) is 3.19. The summed E-state index contributed by atoms with van der Waals surface area (Å²) in [5, 5.41) is -1.16. The number of halogens is 2. The molecule has 3 aromatic carbocycles. The number of benzene rings is 3. The second-order valence-corrected chi connectivity index (χ2v) is 6.81. The highest BCUT2D eigenvalue weighted by Crippen LogP contribution is 2.25. The highest BCUT2D eigenvalue weighted by Gasteiger charge is 2.17. The molecule has 4 nitrogen and oxygen atoms in total. The lowest BCUT2D eigenvalue weighted by Gasteiger charge is -2.23. The van der Waals surface area contributed by atoms with Crippen LogP contribution in [0.4, 0.5) is 21.0 Å². The Morgan fingerprint density at radius 2 is 0.893 bits per heavy atom. The van der Waals surface area contributed by atoms with Crippen LogP contribution in [0.1, 0.15) is 11.1 Å². The molecule has 0 atom stereocenters. The summed E-state index contributed by atoms with van der Waals surface area (Å²) < 4.78 is 0. The van der Waals surface area contributed by atoms with E-state index in [9.17, 15) is 9.59 Å². The molecule has 0 unspecified atom stereocenters. The zero-order chi connectivity index (χ0) is 19.9. The van der Waals surface area contributed by atoms with Crippen molar-refractivity contribution >= 4 is 45.3 Å². The zero-order valence-electron chi connectivity index (χ0n) is 15.0. The molecule has 0 saturated carbocycles. The Morgan fingerprint density at radius 3 is 1.18 bits per heavy atom. The molecule has 0 N–H and O–H groups in total. The fourth-order valence-electron chi connectivity index (χ4n) is 2.85. The topological polar surface area (TPSA) is 40.6 Å². The van der Waals surface area contributed by atoms with Crippen molar-refractivity contribution in [2.75, 3.05) is 9.80 Å². The smallest absolute Gasteiger partial charge is 0.295 e. The SMILES string of the molecule is O=C(Cl)N(Cc1ccccc1)c1ccc(N(Cc2ccccc2)C(=O)Cl)cc1. The van der Waals surface area contributed by atoms with Crippen LogP contribution < -0.4 is 9.80 Å². The maximum absolute atomic E-state index is 11.9. The van der Waals surface area contributed by atoms with Crippen LogP contribution in [-0.4, -0.2) is 10.7 Å². The van der Waals surface area contributed by atoms with Crippen molar-refractivity contribution in [3.05, 3.63) is 96.1 Å². The highest BCUT2D eigenvalue weighted by atomic mass is 35.5. The fraction of sp³-hybridized carbons (Fsp3) is 0.0909. The van der Waals surface area contributed by atoms with E-state index >= 15 is 0 Å². The predicted octanol–water partition coefficient (Wildman–Crippen LogP) is 6.42. The van der Waals surface area contributed by atoms with Gasteiger partial charge in [-0.2, -0.15) is 0 Å². The maximum atomic E-state index is 11.9. The van der Waals surface area contributed by atoms with Gasteiger partial charge in [-0.25, -0.2) is 0 Å². The van der Waals surface area contributed by atoms with Crippen LogP contribution in [-0.2, 0) is 13.1 Å². The number of nitrogens with zero attached hydrogens (tertiary/aromatic N) is 2. The lowest BCUT2D eigenvalue weighted by atomic mass is 10.2. The van der Waals surface area contributed by atoms with Crippen molar-refractivity contribution in [1.82, 2.24) is 0 Å². The van der Waals surface area contributed by atoms with E-state index in [1.165, 1.54) is 9.80 Å². The monoisotopic (exact) mass is 412 g/mol. The minimum absolute atomic E-state index is 0.352. The molecule has 0 aliphatic rings. The summed E-state index contributed by atoms with van der Waals surface area (Å²) in [6.07, 6.45) is 0. The van der Waals surface area contributed by atoms with E-state index in [4.69, 9.17) is 23.2 Å². The van der Waals surface area contributed by atoms with Crippen LogP contribution in [0.25, 0.3) is 0 Å². The number of rotatable bonds is 6. The lowest BCUT2D eigenvalue weighted by Crippen LogP contribution is -2.26. The molecule has 0 heterocycles. The summed E-state index contributed by atoms with van der Waals surface area (Å²) in [4.78, 5) is 26.8. The number of amides is 2. The quantitative estimate of drug-likeness (QED) is 0.346. The van der Waals surface area contributed by atoms with Gasteiger partial charge >= 0.3 is 10.7 Å². The normalized spacial score (nSPS) is 10.4. The molecule has 0 fully saturated rings. The molecule has 0 aromatic heterocycles. The van der Waals surface area contributed by atoms with Gasteiger partial charge in [0.1, 0.15) is 0 Å². The third kappa shape index (κ3) is 5.12. The first-order valence-electron chi connectivity index (χ1n) is 8.66. The minimum atomic E-state index is -0.578. The summed E-state index contributed by atoms with van der Waals surface area (Å²) in [6.45, 7) is 0.704. The van der Waals surface area contributed by atoms with Crippen molar-refractivity contribution < 1.29 is 9.59 Å². The van der Waals surface area contributed by atoms with E-state index < -0.39 is 10.7 Å². The molecule has 3 rings (SSSR count). The van der Waals surface area contributed by atoms with Gasteiger partial charge in [0.2, 0.25) is 0 Å². The second kappa shape index (κ2) is 9.40. The maximum Gasteiger partial charge on any atom is 0.321 e. The third-order valence-corrected chi connectivity index (χ3v) is 4.67. The summed E-state index contributed by atoms with van der Waals surface area (Å²) >= 11 is 11.6. The number of hydrogen-bond acceptors (Lipinski definition) is 2. The molecule has 3 aromatic rings. The van der Waals surface area contributed by atoms with Crippen LogP contribution in [0.15, 0.2) is 84.9 Å². The van der Waals surface area contributed by atoms with Crippen LogP contribution >= 0.6 is 23.2 Å². The molecule has 0 spiro atoms. The van der Waals surface area contributed by atoms with Gasteiger partial charge in [0.15, 0.2) is 0 Å². The molecular weight excluding hydrogens is 395 g/mol. The fourth-order valence-corrected chi connectivity index (χ4v) is 3.17. The van der Waals surface area contributed by atoms with Crippen molar-refractivity contribution in [2.24, 2.45) is 0 Å². The van der Waals surface area contributed by atoms with E-state index in [1.54, 1.807) is 24.3 Å². The Bertz CT molecular complexity index is 853. The average molecular weight is 413 g/mol. The molecule has 0 aliphatic heterocycles. The van der Waals surface area contributed by atoms with Crippen molar-refractivity contribution in [2.45, 2.75) is 13.1 Å². The average Bonchev–Trinajstić information content (AvgIpc) is 2.72. The largest absolute Gasteiger partial charge is 0.321 e. The lowest BCUT2D eigenvalue weighted by molar-refractivity contribution is 0.263. The zero-order valence-corrected chi connectivity index (χ0v) is 16.5. The molecule has 0 aliphatic carbocycles. The van der Waals surface area contributed by atoms with Gasteiger partial charge in [-0.05, 0) is 58.6 Å². The standard InChI is InChI=1S/C22H18Cl2N2O2/c23-21(27)25(15-17-7-3-1-4-8-17)19-11-13-20(14-12-19)26(22(24)28)16-18-9-5-2-6-10-18/h1-14H,15-16H2. The Kier molecular flexibility index (Phi) is 6.69. The van der Waals surface area contributed by atoms with Crippen LogP contribution in [0.2, 0.25) is 0 Å². The molecule has 142 valence electrons. The molecule has 28 heavy (non-hydrogen) atoms. The Labute approximate surface area is 173 Å². The van der Waals surface area contributed by atoms with Gasteiger partial charge in [-0.15, -0.1) is 0 Å². The summed E-state index contributed by atoms with van der Waals surface area (Å²) in [6, 6.07) is 26.1. The molecule has 6 heteroatoms. The number of carbonyl (C=O) groups is 2. The number of anilines is 2. The minimum Gasteiger partial charge on any atom is -0.295 e. The van der Waals surface area contributed by atoms with E-state index in [1.807, 2.05) is 60.7 Å². The first-order valence-corrected chi connectivity index (χ1v) is 9.42. The van der Waals surface area contributed by atoms with Crippen LogP contribution in [0.5, 0.6) is 0 Å². The summed E-state index contributed by atoms with van der Waals surface area (Å²) in [7, 11) is 0. The Morgan fingerprint density at radius 1 is 0.571 bits per heavy atom. The van der Waals surface area contributed by atoms with Gasteiger partial charge in [0, 0.05) is 11.4 Å². The number of carbonyl (C=O) groups excluding carboxylic acids is 2. The number of hydrogen-bond donors (Lipinski definition) is 0. The van der Waals surface area contributed by atoms with Crippen molar-refractivity contribution in [3.8, 4) is 0 Å². The molecule has 0 radical (unpaired) electrons. The first-order chi connectivity index (χ1) is 13.5. The Hall–Kier alpha value is -2.82. The molecule has 0 bridgehead atoms. The van der Waals surface area contributed by atoms with Crippen molar-refractivity contribution in [1.29, 1.82) is 0 Å². The van der Waals surface area contributed by atoms with Crippen LogP contribution in [0, 0.1) is 0 Å². The van der Waals surface area contributed by atoms with E-state index in [2.05, 4.69) is 0 Å². The van der Waals surface area contributed by atoms with Gasteiger partial charge in [-0.1, -0.05) is 60.7 Å². The van der Waals surface area contributed by atoms with Gasteiger partial charge in [0.05, 0.1) is 13.1 Å². The highest BCUT2D eigenvalue weighted by molar-refractivity contribution is 6.66. The van der Waals surface area contributed by atoms with E-state index in [0.29, 0.717) is 24.5 Å². The summed E-state index contributed by atoms with van der Waals surface area (Å²) in [5.74, 6) is 0. The van der Waals surface area contributed by atoms with Gasteiger partial charge < -0.3 is 0 Å². The van der Waals surface area contributed by atoms with Gasteiger partial charge in [0.25, 0.3) is 0 Å². The molecular formula is C22H18Cl2N2O2. The molecule has 0 saturated heterocycles. The van der Waals surface area contributed by atoms with E-state index in [0.717, 1.165) is 11.1 Å². The first kappa shape index (κ1) is 19.9.